The summed E-state index contributed by atoms with van der Waals surface area (Å²) in [6.45, 7) is 2.05. The summed E-state index contributed by atoms with van der Waals surface area (Å²) in [6.07, 6.45) is 2.35. The normalized spacial score (nSPS) is 15.4. The molecule has 3 rings (SSSR count). The molecule has 1 saturated carbocycles. The average Bonchev–Trinajstić information content (AvgIpc) is 3.02. The fourth-order valence-corrected chi connectivity index (χ4v) is 2.09. The first-order valence-electron chi connectivity index (χ1n) is 5.34. The molecule has 0 radical (unpaired) electrons. The predicted molar refractivity (Wildman–Crippen MR) is 64.1 cm³/mol. The molecule has 0 saturated heterocycles. The molecule has 0 atom stereocenters. The maximum absolute atomic E-state index is 5.68. The molecular formula is C12H11BrN2O. The third-order valence-electron chi connectivity index (χ3n) is 2.79. The van der Waals surface area contributed by atoms with E-state index in [4.69, 9.17) is 4.42 Å². The van der Waals surface area contributed by atoms with Crippen LogP contribution in [0.4, 0.5) is 0 Å². The molecule has 1 aromatic carbocycles. The van der Waals surface area contributed by atoms with Gasteiger partial charge in [-0.1, -0.05) is 12.1 Å². The van der Waals surface area contributed by atoms with Gasteiger partial charge in [0.15, 0.2) is 0 Å². The van der Waals surface area contributed by atoms with Crippen molar-refractivity contribution in [3.63, 3.8) is 0 Å². The highest BCUT2D eigenvalue weighted by Gasteiger charge is 2.29. The molecule has 0 unspecified atom stereocenters. The van der Waals surface area contributed by atoms with Gasteiger partial charge in [-0.2, -0.15) is 0 Å². The molecule has 82 valence electrons. The third-order valence-corrected chi connectivity index (χ3v) is 3.84. The van der Waals surface area contributed by atoms with Crippen molar-refractivity contribution >= 4 is 15.9 Å². The van der Waals surface area contributed by atoms with Crippen molar-refractivity contribution in [1.29, 1.82) is 0 Å². The summed E-state index contributed by atoms with van der Waals surface area (Å²) in [5, 5.41) is 8.19. The highest BCUT2D eigenvalue weighted by molar-refractivity contribution is 9.10. The first-order chi connectivity index (χ1) is 7.75. The molecule has 1 aliphatic rings. The summed E-state index contributed by atoms with van der Waals surface area (Å²) in [6, 6.07) is 6.03. The molecular weight excluding hydrogens is 268 g/mol. The number of aryl methyl sites for hydroxylation is 1. The van der Waals surface area contributed by atoms with Gasteiger partial charge < -0.3 is 4.42 Å². The van der Waals surface area contributed by atoms with Crippen LogP contribution in [0, 0.1) is 6.92 Å². The zero-order valence-electron chi connectivity index (χ0n) is 8.90. The van der Waals surface area contributed by atoms with E-state index in [-0.39, 0.29) is 0 Å². The quantitative estimate of drug-likeness (QED) is 0.841. The zero-order chi connectivity index (χ0) is 11.1. The van der Waals surface area contributed by atoms with Crippen molar-refractivity contribution in [3.05, 3.63) is 34.1 Å². The van der Waals surface area contributed by atoms with Crippen molar-refractivity contribution in [3.8, 4) is 11.5 Å². The van der Waals surface area contributed by atoms with Crippen LogP contribution in [-0.4, -0.2) is 10.2 Å². The Balaban J connectivity index is 2.03. The third kappa shape index (κ3) is 1.67. The monoisotopic (exact) mass is 278 g/mol. The maximum Gasteiger partial charge on any atom is 0.248 e. The number of aromatic nitrogens is 2. The highest BCUT2D eigenvalue weighted by atomic mass is 79.9. The van der Waals surface area contributed by atoms with Crippen molar-refractivity contribution in [2.24, 2.45) is 0 Å². The van der Waals surface area contributed by atoms with Gasteiger partial charge in [0.25, 0.3) is 0 Å². The summed E-state index contributed by atoms with van der Waals surface area (Å²) in [4.78, 5) is 0. The Hall–Kier alpha value is -1.16. The molecule has 16 heavy (non-hydrogen) atoms. The molecule has 1 aromatic heterocycles. The van der Waals surface area contributed by atoms with E-state index >= 15 is 0 Å². The van der Waals surface area contributed by atoms with Crippen LogP contribution in [0.5, 0.6) is 0 Å². The lowest BCUT2D eigenvalue weighted by Gasteiger charge is -2.01. The minimum atomic E-state index is 0.504. The van der Waals surface area contributed by atoms with Crippen molar-refractivity contribution in [2.45, 2.75) is 25.7 Å². The average molecular weight is 279 g/mol. The van der Waals surface area contributed by atoms with Gasteiger partial charge in [-0.05, 0) is 47.3 Å². The van der Waals surface area contributed by atoms with Crippen molar-refractivity contribution < 1.29 is 4.42 Å². The van der Waals surface area contributed by atoms with Gasteiger partial charge in [-0.25, -0.2) is 0 Å². The van der Waals surface area contributed by atoms with Gasteiger partial charge in [0.05, 0.1) is 5.56 Å². The van der Waals surface area contributed by atoms with Gasteiger partial charge in [-0.15, -0.1) is 10.2 Å². The minimum absolute atomic E-state index is 0.504. The lowest BCUT2D eigenvalue weighted by molar-refractivity contribution is 0.508. The number of rotatable bonds is 2. The fourth-order valence-electron chi connectivity index (χ4n) is 1.65. The van der Waals surface area contributed by atoms with Crippen LogP contribution in [0.25, 0.3) is 11.5 Å². The molecule has 1 heterocycles. The molecule has 4 heteroatoms. The van der Waals surface area contributed by atoms with Crippen molar-refractivity contribution in [1.82, 2.24) is 10.2 Å². The largest absolute Gasteiger partial charge is 0.420 e. The van der Waals surface area contributed by atoms with Crippen LogP contribution in [0.2, 0.25) is 0 Å². The van der Waals surface area contributed by atoms with Crippen LogP contribution in [0.15, 0.2) is 27.1 Å². The van der Waals surface area contributed by atoms with Gasteiger partial charge in [0.2, 0.25) is 11.8 Å². The Kier molecular flexibility index (Phi) is 2.32. The van der Waals surface area contributed by atoms with Crippen LogP contribution in [-0.2, 0) is 0 Å². The Morgan fingerprint density at radius 2 is 2.12 bits per heavy atom. The SMILES string of the molecule is Cc1cccc(-c2nnc(C3CC3)o2)c1Br. The lowest BCUT2D eigenvalue weighted by atomic mass is 10.1. The molecule has 2 aromatic rings. The van der Waals surface area contributed by atoms with E-state index in [0.29, 0.717) is 11.8 Å². The van der Waals surface area contributed by atoms with Crippen LogP contribution in [0.1, 0.15) is 30.2 Å². The molecule has 0 bridgehead atoms. The maximum atomic E-state index is 5.68. The van der Waals surface area contributed by atoms with E-state index in [9.17, 15) is 0 Å². The van der Waals surface area contributed by atoms with Gasteiger partial charge in [0, 0.05) is 10.4 Å². The van der Waals surface area contributed by atoms with E-state index in [0.717, 1.165) is 15.9 Å². The fraction of sp³-hybridized carbons (Fsp3) is 0.333. The molecule has 0 N–H and O–H groups in total. The second kappa shape index (κ2) is 3.70. The van der Waals surface area contributed by atoms with E-state index in [2.05, 4.69) is 26.1 Å². The summed E-state index contributed by atoms with van der Waals surface area (Å²) in [5.74, 6) is 1.89. The molecule has 0 aliphatic heterocycles. The summed E-state index contributed by atoms with van der Waals surface area (Å²) in [5.41, 5.74) is 2.14. The smallest absolute Gasteiger partial charge is 0.248 e. The Morgan fingerprint density at radius 1 is 1.31 bits per heavy atom. The van der Waals surface area contributed by atoms with E-state index in [1.807, 2.05) is 25.1 Å². The molecule has 1 aliphatic carbocycles. The van der Waals surface area contributed by atoms with Crippen LogP contribution in [0.3, 0.4) is 0 Å². The lowest BCUT2D eigenvalue weighted by Crippen LogP contribution is -1.83. The van der Waals surface area contributed by atoms with Gasteiger partial charge in [-0.3, -0.25) is 0 Å². The predicted octanol–water partition coefficient (Wildman–Crippen LogP) is 3.68. The number of halogens is 1. The number of hydrogen-bond donors (Lipinski definition) is 0. The van der Waals surface area contributed by atoms with E-state index in [1.165, 1.54) is 18.4 Å². The summed E-state index contributed by atoms with van der Waals surface area (Å²) >= 11 is 3.55. The Bertz CT molecular complexity index is 532. The first-order valence-corrected chi connectivity index (χ1v) is 6.14. The zero-order valence-corrected chi connectivity index (χ0v) is 10.5. The van der Waals surface area contributed by atoms with Crippen molar-refractivity contribution in [2.75, 3.05) is 0 Å². The Morgan fingerprint density at radius 3 is 2.88 bits per heavy atom. The minimum Gasteiger partial charge on any atom is -0.420 e. The highest BCUT2D eigenvalue weighted by Crippen LogP contribution is 2.40. The second-order valence-electron chi connectivity index (χ2n) is 4.16. The number of benzene rings is 1. The number of nitrogens with zero attached hydrogens (tertiary/aromatic N) is 2. The summed E-state index contributed by atoms with van der Waals surface area (Å²) in [7, 11) is 0. The van der Waals surface area contributed by atoms with E-state index in [1.54, 1.807) is 0 Å². The van der Waals surface area contributed by atoms with Crippen LogP contribution >= 0.6 is 15.9 Å². The van der Waals surface area contributed by atoms with Gasteiger partial charge in [0.1, 0.15) is 0 Å². The molecule has 3 nitrogen and oxygen atoms in total. The molecule has 0 spiro atoms. The molecule has 0 amide bonds. The summed E-state index contributed by atoms with van der Waals surface area (Å²) < 4.78 is 6.71. The Labute approximate surface area is 102 Å². The topological polar surface area (TPSA) is 38.9 Å². The number of hydrogen-bond acceptors (Lipinski definition) is 3. The van der Waals surface area contributed by atoms with Crippen LogP contribution < -0.4 is 0 Å². The van der Waals surface area contributed by atoms with Gasteiger partial charge >= 0.3 is 0 Å². The second-order valence-corrected chi connectivity index (χ2v) is 4.95. The molecule has 1 fully saturated rings. The first kappa shape index (κ1) is 10.0. The standard InChI is InChI=1S/C12H11BrN2O/c1-7-3-2-4-9(10(7)13)12-15-14-11(16-12)8-5-6-8/h2-4,8H,5-6H2,1H3. The van der Waals surface area contributed by atoms with E-state index < -0.39 is 0 Å².